The Morgan fingerprint density at radius 2 is 1.38 bits per heavy atom. The quantitative estimate of drug-likeness (QED) is 0.537. The molecule has 0 unspecified atom stereocenters. The zero-order chi connectivity index (χ0) is 14.9. The predicted octanol–water partition coefficient (Wildman–Crippen LogP) is 6.11. The molecule has 110 valence electrons. The van der Waals surface area contributed by atoms with Crippen LogP contribution in [0.3, 0.4) is 0 Å². The first-order chi connectivity index (χ1) is 10.3. The van der Waals surface area contributed by atoms with E-state index in [0.29, 0.717) is 12.8 Å². The van der Waals surface area contributed by atoms with Crippen molar-refractivity contribution in [1.82, 2.24) is 0 Å². The maximum atomic E-state index is 12.0. The average Bonchev–Trinajstić information content (AvgIpc) is 2.54. The van der Waals surface area contributed by atoms with E-state index in [0.717, 1.165) is 5.56 Å². The van der Waals surface area contributed by atoms with Crippen molar-refractivity contribution in [3.63, 3.8) is 0 Å². The van der Waals surface area contributed by atoms with E-state index >= 15 is 0 Å². The molecule has 0 nitrogen and oxygen atoms in total. The van der Waals surface area contributed by atoms with Gasteiger partial charge in [-0.25, -0.2) is 4.39 Å². The van der Waals surface area contributed by atoms with Crippen LogP contribution in [0.5, 0.6) is 0 Å². The Morgan fingerprint density at radius 1 is 0.810 bits per heavy atom. The van der Waals surface area contributed by atoms with Gasteiger partial charge in [0.2, 0.25) is 0 Å². The van der Waals surface area contributed by atoms with Gasteiger partial charge in [-0.2, -0.15) is 0 Å². The van der Waals surface area contributed by atoms with Gasteiger partial charge in [0.15, 0.2) is 0 Å². The highest BCUT2D eigenvalue weighted by molar-refractivity contribution is 5.64. The number of halogens is 1. The fourth-order valence-corrected chi connectivity index (χ4v) is 2.46. The molecule has 0 aliphatic carbocycles. The highest BCUT2D eigenvalue weighted by Gasteiger charge is 1.99. The predicted molar refractivity (Wildman–Crippen MR) is 89.1 cm³/mol. The minimum absolute atomic E-state index is 0.602. The van der Waals surface area contributed by atoms with E-state index in [1.54, 1.807) is 0 Å². The number of benzene rings is 2. The zero-order valence-corrected chi connectivity index (χ0v) is 12.7. The highest BCUT2D eigenvalue weighted by Crippen LogP contribution is 2.21. The van der Waals surface area contributed by atoms with E-state index in [1.807, 2.05) is 0 Å². The molecule has 0 radical (unpaired) electrons. The van der Waals surface area contributed by atoms with E-state index in [2.05, 4.69) is 55.5 Å². The van der Waals surface area contributed by atoms with Crippen LogP contribution >= 0.6 is 0 Å². The summed E-state index contributed by atoms with van der Waals surface area (Å²) in [4.78, 5) is 0. The van der Waals surface area contributed by atoms with Crippen molar-refractivity contribution in [2.45, 2.75) is 39.0 Å². The average molecular weight is 282 g/mol. The Bertz CT molecular complexity index is 549. The third-order valence-electron chi connectivity index (χ3n) is 3.75. The molecule has 2 rings (SSSR count). The molecule has 0 bridgehead atoms. The molecule has 0 aromatic heterocycles. The Labute approximate surface area is 127 Å². The lowest BCUT2D eigenvalue weighted by molar-refractivity contribution is 0.716. The molecule has 2 aromatic rings. The molecule has 2 aromatic carbocycles. The third-order valence-corrected chi connectivity index (χ3v) is 3.75. The maximum Gasteiger partial charge on any atom is 0.0830 e. The van der Waals surface area contributed by atoms with Crippen molar-refractivity contribution in [2.24, 2.45) is 0 Å². The first-order valence-corrected chi connectivity index (χ1v) is 7.77. The van der Waals surface area contributed by atoms with Crippen molar-refractivity contribution in [2.75, 3.05) is 0 Å². The molecule has 0 N–H and O–H groups in total. The van der Waals surface area contributed by atoms with Gasteiger partial charge in [-0.1, -0.05) is 74.4 Å². The van der Waals surface area contributed by atoms with Crippen LogP contribution < -0.4 is 0 Å². The zero-order valence-electron chi connectivity index (χ0n) is 12.7. The summed E-state index contributed by atoms with van der Waals surface area (Å²) in [6.07, 6.45) is 7.78. The van der Waals surface area contributed by atoms with Gasteiger partial charge in [0.25, 0.3) is 0 Å². The Morgan fingerprint density at radius 3 is 1.90 bits per heavy atom. The number of hydrogen-bond donors (Lipinski definition) is 0. The van der Waals surface area contributed by atoms with E-state index in [-0.39, 0.29) is 0 Å². The summed E-state index contributed by atoms with van der Waals surface area (Å²) < 4.78 is 12.0. The molecule has 21 heavy (non-hydrogen) atoms. The summed E-state index contributed by atoms with van der Waals surface area (Å²) in [5.41, 5.74) is 4.99. The van der Waals surface area contributed by atoms with Crippen LogP contribution in [0.2, 0.25) is 0 Å². The number of hydrogen-bond acceptors (Lipinski definition) is 0. The molecule has 0 aliphatic rings. The minimum Gasteiger partial charge on any atom is -0.216 e. The van der Waals surface area contributed by atoms with Gasteiger partial charge >= 0.3 is 0 Å². The lowest BCUT2D eigenvalue weighted by atomic mass is 10.00. The van der Waals surface area contributed by atoms with Crippen molar-refractivity contribution in [3.05, 3.63) is 72.1 Å². The summed E-state index contributed by atoms with van der Waals surface area (Å²) in [6, 6.07) is 17.2. The van der Waals surface area contributed by atoms with Gasteiger partial charge in [-0.05, 0) is 41.5 Å². The van der Waals surface area contributed by atoms with Crippen molar-refractivity contribution in [3.8, 4) is 11.1 Å². The third kappa shape index (κ3) is 4.86. The Balaban J connectivity index is 2.01. The van der Waals surface area contributed by atoms with E-state index in [4.69, 9.17) is 0 Å². The Hall–Kier alpha value is -1.89. The van der Waals surface area contributed by atoms with Crippen LogP contribution in [0.15, 0.2) is 60.9 Å². The number of unbranched alkanes of at least 4 members (excludes halogenated alkanes) is 2. The van der Waals surface area contributed by atoms with E-state index in [9.17, 15) is 4.39 Å². The molecule has 0 fully saturated rings. The molecule has 0 heterocycles. The Kier molecular flexibility index (Phi) is 6.21. The van der Waals surface area contributed by atoms with E-state index in [1.165, 1.54) is 48.4 Å². The van der Waals surface area contributed by atoms with Gasteiger partial charge < -0.3 is 0 Å². The highest BCUT2D eigenvalue weighted by atomic mass is 19.1. The molecule has 0 saturated heterocycles. The van der Waals surface area contributed by atoms with Gasteiger partial charge in [0.05, 0.1) is 6.33 Å². The van der Waals surface area contributed by atoms with Crippen LogP contribution in [0, 0.1) is 0 Å². The molecule has 0 spiro atoms. The summed E-state index contributed by atoms with van der Waals surface area (Å²) >= 11 is 0. The van der Waals surface area contributed by atoms with Crippen molar-refractivity contribution >= 4 is 0 Å². The van der Waals surface area contributed by atoms with Crippen LogP contribution in [0.1, 0.15) is 37.3 Å². The van der Waals surface area contributed by atoms with Crippen LogP contribution in [-0.4, -0.2) is 0 Å². The van der Waals surface area contributed by atoms with E-state index < -0.39 is 0 Å². The largest absolute Gasteiger partial charge is 0.216 e. The molecule has 0 amide bonds. The lowest BCUT2D eigenvalue weighted by Crippen LogP contribution is -1.86. The van der Waals surface area contributed by atoms with Crippen molar-refractivity contribution in [1.29, 1.82) is 0 Å². The number of rotatable bonds is 7. The number of allylic oxidation sites excluding steroid dienone is 1. The second-order valence-electron chi connectivity index (χ2n) is 5.42. The normalized spacial score (nSPS) is 11.1. The minimum atomic E-state index is 0.602. The van der Waals surface area contributed by atoms with Crippen LogP contribution in [0.4, 0.5) is 4.39 Å². The number of aryl methyl sites for hydroxylation is 1. The maximum absolute atomic E-state index is 12.0. The topological polar surface area (TPSA) is 0 Å². The van der Waals surface area contributed by atoms with Gasteiger partial charge in [0, 0.05) is 0 Å². The summed E-state index contributed by atoms with van der Waals surface area (Å²) in [7, 11) is 0. The summed E-state index contributed by atoms with van der Waals surface area (Å²) in [5.74, 6) is 0. The first kappa shape index (κ1) is 15.5. The second-order valence-corrected chi connectivity index (χ2v) is 5.42. The second kappa shape index (κ2) is 8.41. The smallest absolute Gasteiger partial charge is 0.0830 e. The summed E-state index contributed by atoms with van der Waals surface area (Å²) in [5, 5.41) is 0. The van der Waals surface area contributed by atoms with Gasteiger partial charge in [0.1, 0.15) is 0 Å². The molecule has 0 saturated carbocycles. The van der Waals surface area contributed by atoms with Gasteiger partial charge in [-0.15, -0.1) is 0 Å². The molecule has 0 aliphatic heterocycles. The summed E-state index contributed by atoms with van der Waals surface area (Å²) in [6.45, 7) is 2.23. The van der Waals surface area contributed by atoms with Crippen LogP contribution in [0.25, 0.3) is 11.1 Å². The SMILES string of the molecule is CCCCCc1ccc(-c2ccc(CC=CF)cc2)cc1. The monoisotopic (exact) mass is 282 g/mol. The fourth-order valence-electron chi connectivity index (χ4n) is 2.46. The molecular weight excluding hydrogens is 259 g/mol. The lowest BCUT2D eigenvalue weighted by Gasteiger charge is -2.05. The standard InChI is InChI=1S/C20H23F/c1-2-3-4-6-17-8-12-19(13-9-17)20-14-10-18(11-15-20)7-5-16-21/h5,8-16H,2-4,6-7H2,1H3. The fraction of sp³-hybridized carbons (Fsp3) is 0.300. The first-order valence-electron chi connectivity index (χ1n) is 7.77. The molecule has 1 heteroatoms. The molecule has 0 atom stereocenters. The van der Waals surface area contributed by atoms with Crippen molar-refractivity contribution < 1.29 is 4.39 Å². The van der Waals surface area contributed by atoms with Crippen LogP contribution in [-0.2, 0) is 12.8 Å². The molecular formula is C20H23F. The van der Waals surface area contributed by atoms with Gasteiger partial charge in [-0.3, -0.25) is 0 Å².